The lowest BCUT2D eigenvalue weighted by atomic mass is 10.1. The first-order valence-corrected chi connectivity index (χ1v) is 6.01. The summed E-state index contributed by atoms with van der Waals surface area (Å²) in [5.74, 6) is 1.09. The fraction of sp³-hybridized carbons (Fsp3) is 0.0625. The zero-order valence-corrected chi connectivity index (χ0v) is 10.4. The molecule has 1 atom stereocenters. The minimum absolute atomic E-state index is 0.0193. The number of rotatable bonds is 1. The molecule has 1 unspecified atom stereocenters. The highest BCUT2D eigenvalue weighted by molar-refractivity contribution is 6.10. The molecule has 20 heavy (non-hydrogen) atoms. The van der Waals surface area contributed by atoms with Crippen LogP contribution >= 0.6 is 0 Å². The van der Waals surface area contributed by atoms with Crippen LogP contribution < -0.4 is 4.90 Å². The van der Waals surface area contributed by atoms with Crippen molar-refractivity contribution in [3.63, 3.8) is 0 Å². The molecule has 0 radical (unpaired) electrons. The van der Waals surface area contributed by atoms with Gasteiger partial charge in [0.25, 0.3) is 5.91 Å². The summed E-state index contributed by atoms with van der Waals surface area (Å²) in [6, 6.07) is 11.1. The van der Waals surface area contributed by atoms with Gasteiger partial charge in [-0.1, -0.05) is 30.2 Å². The summed E-state index contributed by atoms with van der Waals surface area (Å²) in [6.45, 7) is 0. The van der Waals surface area contributed by atoms with Crippen LogP contribution in [-0.4, -0.2) is 11.0 Å². The fourth-order valence-electron chi connectivity index (χ4n) is 2.36. The Morgan fingerprint density at radius 2 is 1.95 bits per heavy atom. The van der Waals surface area contributed by atoms with Gasteiger partial charge in [-0.05, 0) is 18.2 Å². The van der Waals surface area contributed by atoms with Crippen molar-refractivity contribution in [3.05, 3.63) is 65.0 Å². The summed E-state index contributed by atoms with van der Waals surface area (Å²) in [5.41, 5.74) is 0.862. The van der Waals surface area contributed by atoms with E-state index in [-0.39, 0.29) is 11.3 Å². The first kappa shape index (κ1) is 12.4. The molecule has 2 aromatic rings. The molecule has 0 spiro atoms. The third-order valence-electron chi connectivity index (χ3n) is 3.33. The van der Waals surface area contributed by atoms with Gasteiger partial charge in [0.2, 0.25) is 0 Å². The fourth-order valence-corrected chi connectivity index (χ4v) is 2.36. The maximum atomic E-state index is 14.2. The van der Waals surface area contributed by atoms with Crippen LogP contribution in [0.25, 0.3) is 0 Å². The van der Waals surface area contributed by atoms with E-state index in [1.54, 1.807) is 30.3 Å². The van der Waals surface area contributed by atoms with Crippen molar-refractivity contribution in [1.82, 2.24) is 0 Å². The number of aliphatic hydroxyl groups is 1. The van der Waals surface area contributed by atoms with Crippen molar-refractivity contribution in [2.45, 2.75) is 6.23 Å². The Hall–Kier alpha value is -2.64. The van der Waals surface area contributed by atoms with Gasteiger partial charge in [0.15, 0.2) is 12.0 Å². The van der Waals surface area contributed by atoms with Gasteiger partial charge in [0.05, 0.1) is 11.3 Å². The van der Waals surface area contributed by atoms with Crippen LogP contribution in [0.4, 0.5) is 10.1 Å². The summed E-state index contributed by atoms with van der Waals surface area (Å²) in [6.07, 6.45) is 4.01. The van der Waals surface area contributed by atoms with Crippen molar-refractivity contribution >= 4 is 11.6 Å². The lowest BCUT2D eigenvalue weighted by Gasteiger charge is -2.21. The maximum absolute atomic E-state index is 14.2. The lowest BCUT2D eigenvalue weighted by molar-refractivity contribution is 0.0933. The van der Waals surface area contributed by atoms with Crippen molar-refractivity contribution in [2.75, 3.05) is 4.90 Å². The Labute approximate surface area is 115 Å². The van der Waals surface area contributed by atoms with E-state index in [2.05, 4.69) is 5.92 Å². The van der Waals surface area contributed by atoms with Crippen LogP contribution in [0.5, 0.6) is 0 Å². The van der Waals surface area contributed by atoms with Gasteiger partial charge in [0.1, 0.15) is 0 Å². The normalized spacial score (nSPS) is 16.9. The van der Waals surface area contributed by atoms with E-state index in [0.29, 0.717) is 11.1 Å². The third-order valence-corrected chi connectivity index (χ3v) is 3.33. The Bertz CT molecular complexity index is 748. The predicted molar refractivity (Wildman–Crippen MR) is 72.5 cm³/mol. The minimum Gasteiger partial charge on any atom is -0.369 e. The molecular weight excluding hydrogens is 257 g/mol. The zero-order chi connectivity index (χ0) is 14.3. The van der Waals surface area contributed by atoms with E-state index in [9.17, 15) is 14.3 Å². The third kappa shape index (κ3) is 1.61. The molecule has 98 valence electrons. The SMILES string of the molecule is C#Cc1cccc(N2C(=O)c3ccccc3C2O)c1F. The quantitative estimate of drug-likeness (QED) is 0.806. The molecule has 3 nitrogen and oxygen atoms in total. The van der Waals surface area contributed by atoms with E-state index in [0.717, 1.165) is 4.90 Å². The van der Waals surface area contributed by atoms with E-state index in [1.165, 1.54) is 12.1 Å². The number of hydrogen-bond donors (Lipinski definition) is 1. The average molecular weight is 267 g/mol. The molecule has 0 fully saturated rings. The van der Waals surface area contributed by atoms with Crippen molar-refractivity contribution in [3.8, 4) is 12.3 Å². The Kier molecular flexibility index (Phi) is 2.78. The summed E-state index contributed by atoms with van der Waals surface area (Å²) < 4.78 is 14.2. The summed E-state index contributed by atoms with van der Waals surface area (Å²) in [7, 11) is 0. The number of aliphatic hydroxyl groups excluding tert-OH is 1. The van der Waals surface area contributed by atoms with Crippen LogP contribution in [0.3, 0.4) is 0 Å². The molecule has 0 aromatic heterocycles. The van der Waals surface area contributed by atoms with Gasteiger partial charge in [-0.3, -0.25) is 9.69 Å². The van der Waals surface area contributed by atoms with Crippen LogP contribution in [0.1, 0.15) is 27.7 Å². The maximum Gasteiger partial charge on any atom is 0.261 e. The topological polar surface area (TPSA) is 40.5 Å². The highest BCUT2D eigenvalue weighted by atomic mass is 19.1. The molecule has 1 aliphatic rings. The number of halogens is 1. The van der Waals surface area contributed by atoms with E-state index < -0.39 is 18.0 Å². The van der Waals surface area contributed by atoms with Crippen LogP contribution in [0.15, 0.2) is 42.5 Å². The number of anilines is 1. The second-order valence-corrected chi connectivity index (χ2v) is 4.42. The number of terminal acetylenes is 1. The second kappa shape index (κ2) is 4.48. The summed E-state index contributed by atoms with van der Waals surface area (Å²) in [5, 5.41) is 10.2. The number of carbonyl (C=O) groups excluding carboxylic acids is 1. The lowest BCUT2D eigenvalue weighted by Crippen LogP contribution is -2.28. The molecule has 0 aliphatic carbocycles. The van der Waals surface area contributed by atoms with Crippen LogP contribution in [0, 0.1) is 18.2 Å². The first-order valence-electron chi connectivity index (χ1n) is 6.01. The number of carbonyl (C=O) groups is 1. The number of nitrogens with zero attached hydrogens (tertiary/aromatic N) is 1. The largest absolute Gasteiger partial charge is 0.369 e. The molecule has 0 saturated heterocycles. The van der Waals surface area contributed by atoms with Gasteiger partial charge in [0, 0.05) is 11.1 Å². The first-order chi connectivity index (χ1) is 9.65. The van der Waals surface area contributed by atoms with Crippen molar-refractivity contribution in [2.24, 2.45) is 0 Å². The summed E-state index contributed by atoms with van der Waals surface area (Å²) in [4.78, 5) is 13.3. The number of benzene rings is 2. The molecule has 4 heteroatoms. The second-order valence-electron chi connectivity index (χ2n) is 4.42. The minimum atomic E-state index is -1.21. The number of hydrogen-bond acceptors (Lipinski definition) is 2. The van der Waals surface area contributed by atoms with Crippen LogP contribution in [0.2, 0.25) is 0 Å². The van der Waals surface area contributed by atoms with Crippen molar-refractivity contribution in [1.29, 1.82) is 0 Å². The van der Waals surface area contributed by atoms with Crippen LogP contribution in [-0.2, 0) is 0 Å². The molecule has 0 bridgehead atoms. The monoisotopic (exact) mass is 267 g/mol. The van der Waals surface area contributed by atoms with E-state index in [4.69, 9.17) is 6.42 Å². The van der Waals surface area contributed by atoms with E-state index >= 15 is 0 Å². The molecule has 1 aliphatic heterocycles. The van der Waals surface area contributed by atoms with Gasteiger partial charge in [-0.2, -0.15) is 0 Å². The molecule has 1 N–H and O–H groups in total. The molecule has 2 aromatic carbocycles. The van der Waals surface area contributed by atoms with E-state index in [1.807, 2.05) is 0 Å². The highest BCUT2D eigenvalue weighted by Crippen LogP contribution is 2.37. The Balaban J connectivity index is 2.15. The predicted octanol–water partition coefficient (Wildman–Crippen LogP) is 2.46. The molecule has 1 amide bonds. The Morgan fingerprint density at radius 3 is 2.65 bits per heavy atom. The zero-order valence-electron chi connectivity index (χ0n) is 10.4. The standard InChI is InChI=1S/C16H10FNO2/c1-2-10-6-5-9-13(14(10)17)18-15(19)11-7-3-4-8-12(11)16(18)20/h1,3-9,15,19H. The van der Waals surface area contributed by atoms with Gasteiger partial charge < -0.3 is 5.11 Å². The number of amides is 1. The Morgan fingerprint density at radius 1 is 1.20 bits per heavy atom. The highest BCUT2D eigenvalue weighted by Gasteiger charge is 2.37. The average Bonchev–Trinajstić information content (AvgIpc) is 2.72. The van der Waals surface area contributed by atoms with Gasteiger partial charge in [-0.15, -0.1) is 6.42 Å². The number of fused-ring (bicyclic) bond motifs is 1. The smallest absolute Gasteiger partial charge is 0.261 e. The van der Waals surface area contributed by atoms with Gasteiger partial charge >= 0.3 is 0 Å². The molecule has 1 heterocycles. The summed E-state index contributed by atoms with van der Waals surface area (Å²) >= 11 is 0. The molecule has 0 saturated carbocycles. The van der Waals surface area contributed by atoms with Crippen molar-refractivity contribution < 1.29 is 14.3 Å². The molecule has 3 rings (SSSR count). The molecular formula is C16H10FNO2. The van der Waals surface area contributed by atoms with Gasteiger partial charge in [-0.25, -0.2) is 4.39 Å².